The zero-order valence-electron chi connectivity index (χ0n) is 5.60. The third kappa shape index (κ3) is 3.08. The van der Waals surface area contributed by atoms with E-state index >= 15 is 0 Å². The van der Waals surface area contributed by atoms with Crippen LogP contribution in [0.4, 0.5) is 17.6 Å². The van der Waals surface area contributed by atoms with Crippen molar-refractivity contribution in [3.05, 3.63) is 24.3 Å². The number of aromatic nitrogens is 1. The van der Waals surface area contributed by atoms with Crippen molar-refractivity contribution in [2.24, 2.45) is 0 Å². The summed E-state index contributed by atoms with van der Waals surface area (Å²) >= 11 is -0.388. The Labute approximate surface area is 69.8 Å². The van der Waals surface area contributed by atoms with Gasteiger partial charge in [-0.15, -0.1) is 0 Å². The first-order valence-corrected chi connectivity index (χ1v) is 3.65. The molecule has 0 aliphatic carbocycles. The van der Waals surface area contributed by atoms with Crippen LogP contribution in [0.3, 0.4) is 0 Å². The second-order valence-corrected chi connectivity index (χ2v) is 3.03. The quantitative estimate of drug-likeness (QED) is 0.507. The van der Waals surface area contributed by atoms with Crippen molar-refractivity contribution in [1.82, 2.24) is 4.98 Å². The predicted molar refractivity (Wildman–Crippen MR) is 36.1 cm³/mol. The number of halogens is 4. The fourth-order valence-electron chi connectivity index (χ4n) is 0.582. The molecule has 12 heavy (non-hydrogen) atoms. The lowest BCUT2D eigenvalue weighted by molar-refractivity contribution is -0.0328. The summed E-state index contributed by atoms with van der Waals surface area (Å²) in [6.45, 7) is 0. The SMILES string of the molecule is Fc1cncc(SC(F)(F)F)c1. The molecular formula is C6H3F4NS. The summed E-state index contributed by atoms with van der Waals surface area (Å²) in [6.07, 6.45) is 1.81. The summed E-state index contributed by atoms with van der Waals surface area (Å²) in [7, 11) is 0. The predicted octanol–water partition coefficient (Wildman–Crippen LogP) is 2.83. The topological polar surface area (TPSA) is 12.9 Å². The second-order valence-electron chi connectivity index (χ2n) is 1.89. The highest BCUT2D eigenvalue weighted by molar-refractivity contribution is 8.00. The van der Waals surface area contributed by atoms with Crippen LogP contribution in [-0.2, 0) is 0 Å². The number of nitrogens with zero attached hydrogens (tertiary/aromatic N) is 1. The summed E-state index contributed by atoms with van der Waals surface area (Å²) < 4.78 is 47.4. The van der Waals surface area contributed by atoms with Gasteiger partial charge in [0.1, 0.15) is 5.82 Å². The normalized spacial score (nSPS) is 11.7. The minimum atomic E-state index is -4.39. The molecule has 0 saturated carbocycles. The number of rotatable bonds is 1. The lowest BCUT2D eigenvalue weighted by Gasteiger charge is -2.03. The molecule has 1 heterocycles. The zero-order chi connectivity index (χ0) is 9.19. The number of hydrogen-bond donors (Lipinski definition) is 0. The maximum atomic E-state index is 12.3. The fraction of sp³-hybridized carbons (Fsp3) is 0.167. The van der Waals surface area contributed by atoms with Gasteiger partial charge in [0.25, 0.3) is 0 Å². The summed E-state index contributed by atoms with van der Waals surface area (Å²) in [5.41, 5.74) is -4.39. The first-order valence-electron chi connectivity index (χ1n) is 2.84. The van der Waals surface area contributed by atoms with Crippen molar-refractivity contribution in [2.75, 3.05) is 0 Å². The molecule has 66 valence electrons. The molecule has 0 saturated heterocycles. The van der Waals surface area contributed by atoms with E-state index in [0.717, 1.165) is 18.5 Å². The smallest absolute Gasteiger partial charge is 0.261 e. The molecule has 0 amide bonds. The Hall–Kier alpha value is -0.780. The molecule has 1 aromatic rings. The van der Waals surface area contributed by atoms with E-state index in [2.05, 4.69) is 4.98 Å². The third-order valence-corrected chi connectivity index (χ3v) is 1.60. The van der Waals surface area contributed by atoms with Gasteiger partial charge in [-0.3, -0.25) is 4.98 Å². The van der Waals surface area contributed by atoms with Gasteiger partial charge in [-0.25, -0.2) is 4.39 Å². The summed E-state index contributed by atoms with van der Waals surface area (Å²) in [5.74, 6) is -0.774. The van der Waals surface area contributed by atoms with Crippen molar-refractivity contribution in [2.45, 2.75) is 10.4 Å². The van der Waals surface area contributed by atoms with E-state index in [1.54, 1.807) is 0 Å². The van der Waals surface area contributed by atoms with E-state index in [9.17, 15) is 17.6 Å². The molecule has 0 atom stereocenters. The van der Waals surface area contributed by atoms with Crippen LogP contribution in [0.25, 0.3) is 0 Å². The maximum absolute atomic E-state index is 12.3. The highest BCUT2D eigenvalue weighted by Gasteiger charge is 2.29. The van der Waals surface area contributed by atoms with Gasteiger partial charge >= 0.3 is 5.51 Å². The molecule has 0 bridgehead atoms. The van der Waals surface area contributed by atoms with Crippen molar-refractivity contribution in [1.29, 1.82) is 0 Å². The van der Waals surface area contributed by atoms with Gasteiger partial charge in [0.2, 0.25) is 0 Å². The van der Waals surface area contributed by atoms with Crippen LogP contribution in [0.5, 0.6) is 0 Å². The van der Waals surface area contributed by atoms with E-state index in [-0.39, 0.29) is 16.7 Å². The monoisotopic (exact) mass is 197 g/mol. The number of pyridine rings is 1. The molecule has 0 aliphatic heterocycles. The molecule has 1 rings (SSSR count). The Morgan fingerprint density at radius 2 is 1.92 bits per heavy atom. The summed E-state index contributed by atoms with van der Waals surface area (Å²) in [6, 6.07) is 0.783. The van der Waals surface area contributed by atoms with Crippen LogP contribution in [0.1, 0.15) is 0 Å². The van der Waals surface area contributed by atoms with E-state index in [0.29, 0.717) is 0 Å². The average Bonchev–Trinajstić information content (AvgIpc) is 1.82. The molecule has 0 N–H and O–H groups in total. The molecule has 0 radical (unpaired) electrons. The molecular weight excluding hydrogens is 194 g/mol. The largest absolute Gasteiger partial charge is 0.446 e. The number of alkyl halides is 3. The zero-order valence-corrected chi connectivity index (χ0v) is 6.42. The van der Waals surface area contributed by atoms with Gasteiger partial charge in [-0.05, 0) is 17.8 Å². The Morgan fingerprint density at radius 1 is 1.25 bits per heavy atom. The van der Waals surface area contributed by atoms with E-state index < -0.39 is 11.3 Å². The average molecular weight is 197 g/mol. The third-order valence-electron chi connectivity index (χ3n) is 0.913. The molecule has 0 fully saturated rings. The Kier molecular flexibility index (Phi) is 2.56. The molecule has 0 unspecified atom stereocenters. The maximum Gasteiger partial charge on any atom is 0.446 e. The van der Waals surface area contributed by atoms with Crippen LogP contribution in [0.15, 0.2) is 23.4 Å². The van der Waals surface area contributed by atoms with Crippen molar-refractivity contribution < 1.29 is 17.6 Å². The fourth-order valence-corrected chi connectivity index (χ4v) is 1.13. The Balaban J connectivity index is 2.77. The van der Waals surface area contributed by atoms with E-state index in [1.807, 2.05) is 0 Å². The van der Waals surface area contributed by atoms with E-state index in [4.69, 9.17) is 0 Å². The summed E-state index contributed by atoms with van der Waals surface area (Å²) in [5, 5.41) is 0. The first-order chi connectivity index (χ1) is 5.47. The van der Waals surface area contributed by atoms with E-state index in [1.165, 1.54) is 0 Å². The van der Waals surface area contributed by atoms with Crippen LogP contribution in [0.2, 0.25) is 0 Å². The minimum absolute atomic E-state index is 0.248. The molecule has 0 aromatic carbocycles. The van der Waals surface area contributed by atoms with Gasteiger partial charge in [-0.1, -0.05) is 0 Å². The Bertz CT molecular complexity index is 272. The van der Waals surface area contributed by atoms with Gasteiger partial charge in [0.05, 0.1) is 6.20 Å². The number of thioether (sulfide) groups is 1. The van der Waals surface area contributed by atoms with Gasteiger partial charge in [0, 0.05) is 11.1 Å². The van der Waals surface area contributed by atoms with Crippen LogP contribution >= 0.6 is 11.8 Å². The van der Waals surface area contributed by atoms with Crippen LogP contribution in [-0.4, -0.2) is 10.5 Å². The van der Waals surface area contributed by atoms with Crippen molar-refractivity contribution >= 4 is 11.8 Å². The summed E-state index contributed by atoms with van der Waals surface area (Å²) in [4.78, 5) is 3.02. The lowest BCUT2D eigenvalue weighted by Crippen LogP contribution is -1.99. The highest BCUT2D eigenvalue weighted by Crippen LogP contribution is 2.36. The first kappa shape index (κ1) is 9.31. The standard InChI is InChI=1S/C6H3F4NS/c7-4-1-5(3-11-2-4)12-6(8,9)10/h1-3H. The molecule has 6 heteroatoms. The van der Waals surface area contributed by atoms with Gasteiger partial charge in [0.15, 0.2) is 0 Å². The number of hydrogen-bond acceptors (Lipinski definition) is 2. The van der Waals surface area contributed by atoms with Gasteiger partial charge in [-0.2, -0.15) is 13.2 Å². The minimum Gasteiger partial charge on any atom is -0.261 e. The van der Waals surface area contributed by atoms with Crippen LogP contribution in [0, 0.1) is 5.82 Å². The lowest BCUT2D eigenvalue weighted by atomic mass is 10.5. The molecule has 1 nitrogen and oxygen atoms in total. The van der Waals surface area contributed by atoms with Crippen molar-refractivity contribution in [3.8, 4) is 0 Å². The molecule has 0 aliphatic rings. The van der Waals surface area contributed by atoms with Gasteiger partial charge < -0.3 is 0 Å². The van der Waals surface area contributed by atoms with Crippen molar-refractivity contribution in [3.63, 3.8) is 0 Å². The van der Waals surface area contributed by atoms with Crippen LogP contribution < -0.4 is 0 Å². The Morgan fingerprint density at radius 3 is 2.42 bits per heavy atom. The molecule has 1 aromatic heterocycles. The highest BCUT2D eigenvalue weighted by atomic mass is 32.2. The molecule has 0 spiro atoms. The second kappa shape index (κ2) is 3.30.